The van der Waals surface area contributed by atoms with Crippen LogP contribution in [0, 0.1) is 0 Å². The molecule has 60 heavy (non-hydrogen) atoms. The smallest absolute Gasteiger partial charge is 0.0755 e. The van der Waals surface area contributed by atoms with Crippen molar-refractivity contribution in [1.29, 1.82) is 0 Å². The van der Waals surface area contributed by atoms with Gasteiger partial charge in [-0.25, -0.2) is 0 Å². The lowest BCUT2D eigenvalue weighted by molar-refractivity contribution is 0.660. The molecule has 3 aliphatic rings. The fourth-order valence-corrected chi connectivity index (χ4v) is 10.8. The monoisotopic (exact) mass is 766 g/mol. The summed E-state index contributed by atoms with van der Waals surface area (Å²) in [6, 6.07) is 81.0. The molecule has 0 unspecified atom stereocenters. The van der Waals surface area contributed by atoms with Crippen molar-refractivity contribution in [1.82, 2.24) is 0 Å². The van der Waals surface area contributed by atoms with Gasteiger partial charge in [-0.1, -0.05) is 172 Å². The molecular formula is C58H42N2. The highest BCUT2D eigenvalue weighted by molar-refractivity contribution is 5.97. The van der Waals surface area contributed by atoms with Crippen LogP contribution in [0.2, 0.25) is 0 Å². The Hall–Kier alpha value is -7.42. The zero-order valence-corrected chi connectivity index (χ0v) is 33.7. The molecular weight excluding hydrogens is 725 g/mol. The maximum atomic E-state index is 2.50. The maximum Gasteiger partial charge on any atom is 0.0755 e. The Balaban J connectivity index is 1.11. The average Bonchev–Trinajstić information content (AvgIpc) is 3.72. The van der Waals surface area contributed by atoms with Gasteiger partial charge in [0.1, 0.15) is 0 Å². The van der Waals surface area contributed by atoms with Gasteiger partial charge in [-0.2, -0.15) is 0 Å². The number of hydrogen-bond donors (Lipinski definition) is 0. The number of hydrogen-bond acceptors (Lipinski definition) is 2. The zero-order chi connectivity index (χ0) is 40.0. The Bertz CT molecular complexity index is 3080. The second-order valence-corrected chi connectivity index (χ2v) is 16.9. The lowest BCUT2D eigenvalue weighted by Gasteiger charge is -2.45. The largest absolute Gasteiger partial charge is 0.310 e. The summed E-state index contributed by atoms with van der Waals surface area (Å²) in [7, 11) is 0. The first-order chi connectivity index (χ1) is 29.5. The lowest BCUT2D eigenvalue weighted by Crippen LogP contribution is -2.36. The summed E-state index contributed by atoms with van der Waals surface area (Å²) in [4.78, 5) is 4.92. The minimum absolute atomic E-state index is 0.130. The van der Waals surface area contributed by atoms with Crippen LogP contribution in [0.4, 0.5) is 34.1 Å². The Kier molecular flexibility index (Phi) is 7.52. The summed E-state index contributed by atoms with van der Waals surface area (Å²) in [5.74, 6) is 0. The van der Waals surface area contributed by atoms with Gasteiger partial charge in [-0.3, -0.25) is 0 Å². The van der Waals surface area contributed by atoms with Gasteiger partial charge >= 0.3 is 0 Å². The highest BCUT2D eigenvalue weighted by Crippen LogP contribution is 2.64. The third-order valence-corrected chi connectivity index (χ3v) is 13.5. The second-order valence-electron chi connectivity index (χ2n) is 16.9. The van der Waals surface area contributed by atoms with Crippen molar-refractivity contribution in [2.24, 2.45) is 0 Å². The van der Waals surface area contributed by atoms with E-state index in [0.717, 1.165) is 22.7 Å². The highest BCUT2D eigenvalue weighted by Gasteiger charge is 2.52. The van der Waals surface area contributed by atoms with Crippen molar-refractivity contribution in [2.75, 3.05) is 9.80 Å². The molecule has 284 valence electrons. The predicted molar refractivity (Wildman–Crippen MR) is 250 cm³/mol. The normalized spacial score (nSPS) is 14.4. The molecule has 0 aromatic heterocycles. The highest BCUT2D eigenvalue weighted by atomic mass is 15.2. The number of para-hydroxylation sites is 3. The van der Waals surface area contributed by atoms with Crippen molar-refractivity contribution < 1.29 is 0 Å². The van der Waals surface area contributed by atoms with Gasteiger partial charge in [-0.15, -0.1) is 0 Å². The fourth-order valence-electron chi connectivity index (χ4n) is 10.8. The van der Waals surface area contributed by atoms with Crippen LogP contribution >= 0.6 is 0 Å². The molecule has 0 saturated carbocycles. The average molecular weight is 767 g/mol. The van der Waals surface area contributed by atoms with Gasteiger partial charge in [0.15, 0.2) is 0 Å². The molecule has 2 heteroatoms. The van der Waals surface area contributed by atoms with E-state index in [1.165, 1.54) is 78.1 Å². The van der Waals surface area contributed by atoms with Crippen LogP contribution in [0.25, 0.3) is 33.4 Å². The standard InChI is InChI=1S/C58H42N2/c1-57(2)49-23-11-9-21-45(49)47-35-33-43(37-53(47)57)59(42-31-29-40(30-32-42)39-17-5-3-6-18-39)44-34-36-48-46-22-10-12-24-50(46)58(54(48)38-44)51-25-13-15-27-55(51)60(41-19-7-4-8-20-41)56-28-16-14-26-52(56)58/h3-38H,1-2H3. The van der Waals surface area contributed by atoms with E-state index < -0.39 is 5.41 Å². The Morgan fingerprint density at radius 1 is 0.333 bits per heavy atom. The van der Waals surface area contributed by atoms with Gasteiger partial charge in [0.2, 0.25) is 0 Å². The molecule has 1 aliphatic heterocycles. The van der Waals surface area contributed by atoms with Crippen LogP contribution < -0.4 is 9.80 Å². The van der Waals surface area contributed by atoms with E-state index in [-0.39, 0.29) is 5.41 Å². The molecule has 9 aromatic rings. The maximum absolute atomic E-state index is 2.50. The first kappa shape index (κ1) is 34.6. The summed E-state index contributed by atoms with van der Waals surface area (Å²) in [6.07, 6.45) is 0. The minimum Gasteiger partial charge on any atom is -0.310 e. The van der Waals surface area contributed by atoms with Gasteiger partial charge in [0.25, 0.3) is 0 Å². The number of rotatable bonds is 5. The van der Waals surface area contributed by atoms with Crippen LogP contribution in [0.1, 0.15) is 47.2 Å². The topological polar surface area (TPSA) is 6.48 Å². The van der Waals surface area contributed by atoms with Gasteiger partial charge in [0, 0.05) is 28.2 Å². The van der Waals surface area contributed by atoms with E-state index in [0.29, 0.717) is 0 Å². The summed E-state index contributed by atoms with van der Waals surface area (Å²) in [5.41, 5.74) is 21.8. The van der Waals surface area contributed by atoms with Gasteiger partial charge < -0.3 is 9.80 Å². The molecule has 1 heterocycles. The molecule has 0 fully saturated rings. The minimum atomic E-state index is -0.551. The Labute approximate surface area is 352 Å². The number of benzene rings is 9. The van der Waals surface area contributed by atoms with Gasteiger partial charge in [-0.05, 0) is 127 Å². The molecule has 0 atom stereocenters. The summed E-state index contributed by atoms with van der Waals surface area (Å²) in [6.45, 7) is 4.74. The number of anilines is 6. The summed E-state index contributed by atoms with van der Waals surface area (Å²) >= 11 is 0. The first-order valence-electron chi connectivity index (χ1n) is 21.0. The van der Waals surface area contributed by atoms with Crippen molar-refractivity contribution in [2.45, 2.75) is 24.7 Å². The number of fused-ring (bicyclic) bond motifs is 12. The second kappa shape index (κ2) is 13.0. The predicted octanol–water partition coefficient (Wildman–Crippen LogP) is 15.3. The van der Waals surface area contributed by atoms with Crippen LogP contribution in [0.5, 0.6) is 0 Å². The van der Waals surface area contributed by atoms with Crippen LogP contribution in [0.15, 0.2) is 218 Å². The van der Waals surface area contributed by atoms with Crippen molar-refractivity contribution in [3.05, 3.63) is 252 Å². The van der Waals surface area contributed by atoms with E-state index in [1.54, 1.807) is 0 Å². The molecule has 2 nitrogen and oxygen atoms in total. The van der Waals surface area contributed by atoms with Gasteiger partial charge in [0.05, 0.1) is 16.8 Å². The molecule has 1 spiro atoms. The summed E-state index contributed by atoms with van der Waals surface area (Å²) < 4.78 is 0. The molecule has 9 aromatic carbocycles. The quantitative estimate of drug-likeness (QED) is 0.172. The SMILES string of the molecule is CC1(C)c2ccccc2-c2ccc(N(c3ccc(-c4ccccc4)cc3)c3ccc4c(c3)C3(c5ccccc5-4)c4ccccc4N(c4ccccc4)c4ccccc43)cc21. The van der Waals surface area contributed by atoms with E-state index in [1.807, 2.05) is 0 Å². The molecule has 0 bridgehead atoms. The van der Waals surface area contributed by atoms with Crippen LogP contribution in [-0.2, 0) is 10.8 Å². The molecule has 0 N–H and O–H groups in total. The van der Waals surface area contributed by atoms with Crippen molar-refractivity contribution >= 4 is 34.1 Å². The summed E-state index contributed by atoms with van der Waals surface area (Å²) in [5, 5.41) is 0. The Morgan fingerprint density at radius 2 is 0.767 bits per heavy atom. The van der Waals surface area contributed by atoms with Crippen LogP contribution in [0.3, 0.4) is 0 Å². The zero-order valence-electron chi connectivity index (χ0n) is 33.7. The van der Waals surface area contributed by atoms with E-state index in [2.05, 4.69) is 242 Å². The van der Waals surface area contributed by atoms with E-state index in [9.17, 15) is 0 Å². The van der Waals surface area contributed by atoms with E-state index >= 15 is 0 Å². The molecule has 0 saturated heterocycles. The third kappa shape index (κ3) is 4.82. The van der Waals surface area contributed by atoms with Crippen molar-refractivity contribution in [3.8, 4) is 33.4 Å². The van der Waals surface area contributed by atoms with Crippen molar-refractivity contribution in [3.63, 3.8) is 0 Å². The number of nitrogens with zero attached hydrogens (tertiary/aromatic N) is 2. The van der Waals surface area contributed by atoms with Crippen LogP contribution in [-0.4, -0.2) is 0 Å². The van der Waals surface area contributed by atoms with E-state index in [4.69, 9.17) is 0 Å². The molecule has 2 aliphatic carbocycles. The fraction of sp³-hybridized carbons (Fsp3) is 0.0690. The molecule has 0 radical (unpaired) electrons. The Morgan fingerprint density at radius 3 is 1.40 bits per heavy atom. The third-order valence-electron chi connectivity index (χ3n) is 13.5. The first-order valence-corrected chi connectivity index (χ1v) is 21.0. The lowest BCUT2D eigenvalue weighted by atomic mass is 9.64. The molecule has 0 amide bonds. The molecule has 12 rings (SSSR count).